The monoisotopic (exact) mass is 250 g/mol. The van der Waals surface area contributed by atoms with Crippen molar-refractivity contribution in [2.24, 2.45) is 0 Å². The smallest absolute Gasteiger partial charge is 0.126 e. The van der Waals surface area contributed by atoms with E-state index in [1.807, 2.05) is 4.57 Å². The molecule has 1 aliphatic carbocycles. The molecule has 1 fully saturated rings. The molecule has 94 valence electrons. The average molecular weight is 250 g/mol. The summed E-state index contributed by atoms with van der Waals surface area (Å²) in [5.74, 6) is -1.39. The van der Waals surface area contributed by atoms with Gasteiger partial charge in [-0.05, 0) is 30.5 Å². The highest BCUT2D eigenvalue weighted by Gasteiger charge is 2.28. The number of hydrogen-bond acceptors (Lipinski definition) is 2. The lowest BCUT2D eigenvalue weighted by molar-refractivity contribution is 0.208. The Bertz CT molecular complexity index is 558. The van der Waals surface area contributed by atoms with Crippen LogP contribution in [0.25, 0.3) is 0 Å². The zero-order valence-corrected chi connectivity index (χ0v) is 9.55. The third kappa shape index (κ3) is 2.01. The van der Waals surface area contributed by atoms with Crippen LogP contribution in [0, 0.1) is 11.6 Å². The van der Waals surface area contributed by atoms with E-state index in [2.05, 4.69) is 4.98 Å². The maximum absolute atomic E-state index is 13.1. The lowest BCUT2D eigenvalue weighted by Crippen LogP contribution is -2.07. The molecular formula is C13H12F2N2O. The zero-order valence-electron chi connectivity index (χ0n) is 9.55. The van der Waals surface area contributed by atoms with Crippen molar-refractivity contribution < 1.29 is 13.9 Å². The van der Waals surface area contributed by atoms with Crippen LogP contribution in [0.1, 0.15) is 36.2 Å². The molecule has 1 aromatic heterocycles. The van der Waals surface area contributed by atoms with Crippen LogP contribution < -0.4 is 0 Å². The minimum absolute atomic E-state index is 0.204. The molecule has 1 heterocycles. The number of nitrogens with zero attached hydrogens (tertiary/aromatic N) is 2. The van der Waals surface area contributed by atoms with Crippen molar-refractivity contribution in [3.63, 3.8) is 0 Å². The number of aromatic nitrogens is 2. The highest BCUT2D eigenvalue weighted by molar-refractivity contribution is 5.27. The van der Waals surface area contributed by atoms with Crippen molar-refractivity contribution in [3.8, 4) is 0 Å². The first-order chi connectivity index (χ1) is 8.65. The van der Waals surface area contributed by atoms with Gasteiger partial charge < -0.3 is 9.67 Å². The van der Waals surface area contributed by atoms with E-state index in [1.165, 1.54) is 6.20 Å². The van der Waals surface area contributed by atoms with Gasteiger partial charge >= 0.3 is 0 Å². The maximum atomic E-state index is 13.1. The molecule has 1 atom stereocenters. The molecule has 2 aromatic rings. The van der Waals surface area contributed by atoms with Gasteiger partial charge in [0.1, 0.15) is 17.7 Å². The molecule has 1 aromatic carbocycles. The van der Waals surface area contributed by atoms with Gasteiger partial charge in [-0.1, -0.05) is 0 Å². The van der Waals surface area contributed by atoms with Gasteiger partial charge in [0, 0.05) is 12.1 Å². The van der Waals surface area contributed by atoms with Gasteiger partial charge in [0.25, 0.3) is 0 Å². The summed E-state index contributed by atoms with van der Waals surface area (Å²) in [6.07, 6.45) is 4.22. The van der Waals surface area contributed by atoms with Crippen LogP contribution in [0.15, 0.2) is 30.7 Å². The van der Waals surface area contributed by atoms with Crippen molar-refractivity contribution >= 4 is 0 Å². The molecule has 5 heteroatoms. The minimum atomic E-state index is -1.06. The second-order valence-electron chi connectivity index (χ2n) is 4.56. The van der Waals surface area contributed by atoms with Gasteiger partial charge in [0.15, 0.2) is 0 Å². The molecular weight excluding hydrogens is 238 g/mol. The van der Waals surface area contributed by atoms with E-state index >= 15 is 0 Å². The summed E-state index contributed by atoms with van der Waals surface area (Å²) in [7, 11) is 0. The quantitative estimate of drug-likeness (QED) is 0.909. The van der Waals surface area contributed by atoms with E-state index in [-0.39, 0.29) is 5.56 Å². The van der Waals surface area contributed by atoms with Gasteiger partial charge in [0.05, 0.1) is 18.2 Å². The standard InChI is InChI=1S/C13H12F2N2O/c14-9-3-8(4-10(15)5-9)13(18)12-6-16-7-17(12)11-1-2-11/h3-7,11,13,18H,1-2H2. The molecule has 0 aliphatic heterocycles. The van der Waals surface area contributed by atoms with Gasteiger partial charge in [0.2, 0.25) is 0 Å². The van der Waals surface area contributed by atoms with Crippen LogP contribution in [0.5, 0.6) is 0 Å². The molecule has 0 amide bonds. The van der Waals surface area contributed by atoms with E-state index in [4.69, 9.17) is 0 Å². The molecule has 0 spiro atoms. The Kier molecular flexibility index (Phi) is 2.63. The Balaban J connectivity index is 1.97. The van der Waals surface area contributed by atoms with Crippen molar-refractivity contribution in [3.05, 3.63) is 53.6 Å². The highest BCUT2D eigenvalue weighted by atomic mass is 19.1. The van der Waals surface area contributed by atoms with Crippen LogP contribution in [-0.4, -0.2) is 14.7 Å². The van der Waals surface area contributed by atoms with E-state index in [0.29, 0.717) is 11.7 Å². The Morgan fingerprint density at radius 2 is 1.89 bits per heavy atom. The first kappa shape index (κ1) is 11.3. The lowest BCUT2D eigenvalue weighted by Gasteiger charge is -2.14. The first-order valence-electron chi connectivity index (χ1n) is 5.81. The number of halogens is 2. The number of aliphatic hydroxyl groups excluding tert-OH is 1. The van der Waals surface area contributed by atoms with Gasteiger partial charge in [-0.3, -0.25) is 0 Å². The Morgan fingerprint density at radius 3 is 2.50 bits per heavy atom. The number of imidazole rings is 1. The summed E-state index contributed by atoms with van der Waals surface area (Å²) in [4.78, 5) is 3.99. The molecule has 0 saturated heterocycles. The molecule has 18 heavy (non-hydrogen) atoms. The molecule has 0 bridgehead atoms. The molecule has 1 N–H and O–H groups in total. The summed E-state index contributed by atoms with van der Waals surface area (Å²) >= 11 is 0. The molecule has 3 rings (SSSR count). The van der Waals surface area contributed by atoms with Crippen molar-refractivity contribution in [2.45, 2.75) is 25.0 Å². The van der Waals surface area contributed by atoms with Gasteiger partial charge in [-0.15, -0.1) is 0 Å². The number of rotatable bonds is 3. The van der Waals surface area contributed by atoms with Crippen molar-refractivity contribution in [1.29, 1.82) is 0 Å². The fourth-order valence-electron chi connectivity index (χ4n) is 2.09. The summed E-state index contributed by atoms with van der Waals surface area (Å²) in [6.45, 7) is 0. The Labute approximate surface area is 103 Å². The predicted octanol–water partition coefficient (Wildman–Crippen LogP) is 2.58. The highest BCUT2D eigenvalue weighted by Crippen LogP contribution is 2.37. The van der Waals surface area contributed by atoms with E-state index in [0.717, 1.165) is 31.0 Å². The van der Waals surface area contributed by atoms with Crippen molar-refractivity contribution in [2.75, 3.05) is 0 Å². The maximum Gasteiger partial charge on any atom is 0.126 e. The van der Waals surface area contributed by atoms with Crippen LogP contribution in [0.4, 0.5) is 8.78 Å². The van der Waals surface area contributed by atoms with Crippen molar-refractivity contribution in [1.82, 2.24) is 9.55 Å². The van der Waals surface area contributed by atoms with Gasteiger partial charge in [-0.2, -0.15) is 0 Å². The Hall–Kier alpha value is -1.75. The van der Waals surface area contributed by atoms with E-state index in [1.54, 1.807) is 6.33 Å². The predicted molar refractivity (Wildman–Crippen MR) is 60.9 cm³/mol. The molecule has 0 radical (unpaired) electrons. The fourth-order valence-corrected chi connectivity index (χ4v) is 2.09. The van der Waals surface area contributed by atoms with E-state index in [9.17, 15) is 13.9 Å². The molecule has 1 aliphatic rings. The normalized spacial score (nSPS) is 16.8. The molecule has 3 nitrogen and oxygen atoms in total. The first-order valence-corrected chi connectivity index (χ1v) is 5.81. The van der Waals surface area contributed by atoms with Gasteiger partial charge in [-0.25, -0.2) is 13.8 Å². The lowest BCUT2D eigenvalue weighted by atomic mass is 10.1. The number of hydrogen-bond donors (Lipinski definition) is 1. The topological polar surface area (TPSA) is 38.1 Å². The summed E-state index contributed by atoms with van der Waals surface area (Å²) in [5.41, 5.74) is 0.775. The average Bonchev–Trinajstić information content (AvgIpc) is 3.05. The summed E-state index contributed by atoms with van der Waals surface area (Å²) in [6, 6.07) is 3.42. The van der Waals surface area contributed by atoms with E-state index < -0.39 is 17.7 Å². The zero-order chi connectivity index (χ0) is 12.7. The fraction of sp³-hybridized carbons (Fsp3) is 0.308. The third-order valence-corrected chi connectivity index (χ3v) is 3.12. The second kappa shape index (κ2) is 4.17. The van der Waals surface area contributed by atoms with Crippen LogP contribution in [0.3, 0.4) is 0 Å². The van der Waals surface area contributed by atoms with Crippen LogP contribution in [0.2, 0.25) is 0 Å². The summed E-state index contributed by atoms with van der Waals surface area (Å²) in [5, 5.41) is 10.2. The Morgan fingerprint density at radius 1 is 1.22 bits per heavy atom. The van der Waals surface area contributed by atoms with Crippen LogP contribution >= 0.6 is 0 Å². The van der Waals surface area contributed by atoms with Crippen LogP contribution in [-0.2, 0) is 0 Å². The largest absolute Gasteiger partial charge is 0.382 e. The third-order valence-electron chi connectivity index (χ3n) is 3.12. The second-order valence-corrected chi connectivity index (χ2v) is 4.56. The number of benzene rings is 1. The minimum Gasteiger partial charge on any atom is -0.382 e. The molecule has 1 saturated carbocycles. The molecule has 1 unspecified atom stereocenters. The number of aliphatic hydroxyl groups is 1. The summed E-state index contributed by atoms with van der Waals surface area (Å²) < 4.78 is 28.1. The SMILES string of the molecule is OC(c1cc(F)cc(F)c1)c1cncn1C1CC1.